The molecule has 20 heavy (non-hydrogen) atoms. The molecule has 2 aliphatic rings. The van der Waals surface area contributed by atoms with E-state index < -0.39 is 9.84 Å². The summed E-state index contributed by atoms with van der Waals surface area (Å²) in [4.78, 5) is 2.30. The van der Waals surface area contributed by atoms with Crippen molar-refractivity contribution < 1.29 is 8.42 Å². The Balaban J connectivity index is 1.91. The Hall–Kier alpha value is -0.130. The molecule has 118 valence electrons. The van der Waals surface area contributed by atoms with Crippen LogP contribution in [-0.2, 0) is 9.84 Å². The van der Waals surface area contributed by atoms with Crippen LogP contribution in [0.15, 0.2) is 0 Å². The molecular formula is C15H30N2O2S. The molecule has 1 saturated carbocycles. The Kier molecular flexibility index (Phi) is 4.82. The van der Waals surface area contributed by atoms with Gasteiger partial charge < -0.3 is 10.6 Å². The Morgan fingerprint density at radius 3 is 2.30 bits per heavy atom. The van der Waals surface area contributed by atoms with E-state index in [2.05, 4.69) is 25.7 Å². The normalized spacial score (nSPS) is 35.9. The minimum Gasteiger partial charge on any atom is -0.327 e. The third-order valence-electron chi connectivity index (χ3n) is 5.20. The maximum atomic E-state index is 11.5. The average Bonchev–Trinajstić information content (AvgIpc) is 2.33. The molecule has 0 spiro atoms. The molecule has 0 aromatic carbocycles. The van der Waals surface area contributed by atoms with Crippen molar-refractivity contribution in [2.24, 2.45) is 23.0 Å². The molecule has 0 bridgehead atoms. The average molecular weight is 302 g/mol. The van der Waals surface area contributed by atoms with Gasteiger partial charge >= 0.3 is 0 Å². The van der Waals surface area contributed by atoms with Crippen molar-refractivity contribution in [3.8, 4) is 0 Å². The van der Waals surface area contributed by atoms with Gasteiger partial charge in [0.05, 0.1) is 11.5 Å². The van der Waals surface area contributed by atoms with E-state index in [1.54, 1.807) is 0 Å². The van der Waals surface area contributed by atoms with Gasteiger partial charge in [0.25, 0.3) is 0 Å². The summed E-state index contributed by atoms with van der Waals surface area (Å²) in [7, 11) is -2.78. The highest BCUT2D eigenvalue weighted by Crippen LogP contribution is 2.40. The van der Waals surface area contributed by atoms with E-state index in [0.29, 0.717) is 35.9 Å². The minimum absolute atomic E-state index is 0.284. The lowest BCUT2D eigenvalue weighted by atomic mass is 9.67. The van der Waals surface area contributed by atoms with E-state index >= 15 is 0 Å². The lowest BCUT2D eigenvalue weighted by Crippen LogP contribution is -2.48. The Morgan fingerprint density at radius 2 is 1.75 bits per heavy atom. The van der Waals surface area contributed by atoms with Crippen LogP contribution in [0.2, 0.25) is 0 Å². The number of hydrogen-bond donors (Lipinski definition) is 1. The number of sulfone groups is 1. The number of rotatable bonds is 2. The van der Waals surface area contributed by atoms with Gasteiger partial charge in [0.15, 0.2) is 9.84 Å². The summed E-state index contributed by atoms with van der Waals surface area (Å²) in [6.07, 6.45) is 3.53. The van der Waals surface area contributed by atoms with Gasteiger partial charge in [-0.2, -0.15) is 0 Å². The van der Waals surface area contributed by atoms with Gasteiger partial charge in [0, 0.05) is 25.7 Å². The van der Waals surface area contributed by atoms with Crippen molar-refractivity contribution in [3.05, 3.63) is 0 Å². The Morgan fingerprint density at radius 1 is 1.15 bits per heavy atom. The van der Waals surface area contributed by atoms with Crippen LogP contribution < -0.4 is 5.73 Å². The van der Waals surface area contributed by atoms with Gasteiger partial charge in [0.2, 0.25) is 0 Å². The van der Waals surface area contributed by atoms with Gasteiger partial charge in [-0.15, -0.1) is 0 Å². The SMILES string of the molecule is CC(C)(C)C1CCC(N)C(CN2CCS(=O)(=O)CC2)C1. The predicted octanol–water partition coefficient (Wildman–Crippen LogP) is 1.51. The van der Waals surface area contributed by atoms with Crippen molar-refractivity contribution in [1.29, 1.82) is 0 Å². The highest BCUT2D eigenvalue weighted by molar-refractivity contribution is 7.91. The van der Waals surface area contributed by atoms with Crippen LogP contribution in [-0.4, -0.2) is 50.5 Å². The quantitative estimate of drug-likeness (QED) is 0.840. The lowest BCUT2D eigenvalue weighted by molar-refractivity contribution is 0.101. The second-order valence-corrected chi connectivity index (χ2v) is 10.1. The molecule has 0 radical (unpaired) electrons. The van der Waals surface area contributed by atoms with Crippen LogP contribution >= 0.6 is 0 Å². The van der Waals surface area contributed by atoms with E-state index in [-0.39, 0.29) is 6.04 Å². The summed E-state index contributed by atoms with van der Waals surface area (Å²) in [5.41, 5.74) is 6.66. The molecule has 5 heteroatoms. The summed E-state index contributed by atoms with van der Waals surface area (Å²) in [6.45, 7) is 9.30. The van der Waals surface area contributed by atoms with E-state index in [1.807, 2.05) is 0 Å². The van der Waals surface area contributed by atoms with Crippen molar-refractivity contribution in [2.75, 3.05) is 31.1 Å². The zero-order valence-corrected chi connectivity index (χ0v) is 14.0. The van der Waals surface area contributed by atoms with Crippen LogP contribution in [0.5, 0.6) is 0 Å². The smallest absolute Gasteiger partial charge is 0.152 e. The van der Waals surface area contributed by atoms with E-state index in [1.165, 1.54) is 12.8 Å². The van der Waals surface area contributed by atoms with Crippen molar-refractivity contribution >= 4 is 9.84 Å². The molecule has 3 unspecified atom stereocenters. The van der Waals surface area contributed by atoms with E-state index in [0.717, 1.165) is 18.9 Å². The molecule has 4 nitrogen and oxygen atoms in total. The first-order valence-corrected chi connectivity index (χ1v) is 9.68. The third kappa shape index (κ3) is 4.18. The molecule has 2 rings (SSSR count). The predicted molar refractivity (Wildman–Crippen MR) is 83.4 cm³/mol. The monoisotopic (exact) mass is 302 g/mol. The number of hydrogen-bond acceptors (Lipinski definition) is 4. The van der Waals surface area contributed by atoms with Crippen molar-refractivity contribution in [1.82, 2.24) is 4.90 Å². The fourth-order valence-corrected chi connectivity index (χ4v) is 4.83. The Bertz CT molecular complexity index is 414. The van der Waals surface area contributed by atoms with Crippen molar-refractivity contribution in [2.45, 2.75) is 46.1 Å². The standard InChI is InChI=1S/C15H30N2O2S/c1-15(2,3)13-4-5-14(16)12(10-13)11-17-6-8-20(18,19)9-7-17/h12-14H,4-11,16H2,1-3H3. The second kappa shape index (κ2) is 5.93. The maximum absolute atomic E-state index is 11.5. The van der Waals surface area contributed by atoms with Crippen LogP contribution in [0.3, 0.4) is 0 Å². The van der Waals surface area contributed by atoms with Gasteiger partial charge in [-0.1, -0.05) is 20.8 Å². The lowest BCUT2D eigenvalue weighted by Gasteiger charge is -2.42. The fourth-order valence-electron chi connectivity index (χ4n) is 3.55. The molecule has 0 aromatic heterocycles. The molecule has 2 fully saturated rings. The molecule has 0 amide bonds. The highest BCUT2D eigenvalue weighted by atomic mass is 32.2. The van der Waals surface area contributed by atoms with Crippen LogP contribution in [0, 0.1) is 17.3 Å². The number of nitrogens with zero attached hydrogens (tertiary/aromatic N) is 1. The zero-order valence-electron chi connectivity index (χ0n) is 13.1. The summed E-state index contributed by atoms with van der Waals surface area (Å²) in [5.74, 6) is 1.89. The summed E-state index contributed by atoms with van der Waals surface area (Å²) >= 11 is 0. The molecule has 1 heterocycles. The first-order valence-electron chi connectivity index (χ1n) is 7.86. The first kappa shape index (κ1) is 16.2. The highest BCUT2D eigenvalue weighted by Gasteiger charge is 2.35. The van der Waals surface area contributed by atoms with Crippen LogP contribution in [0.4, 0.5) is 0 Å². The minimum atomic E-state index is -2.78. The summed E-state index contributed by atoms with van der Waals surface area (Å²) in [6, 6.07) is 0.284. The van der Waals surface area contributed by atoms with Gasteiger partial charge in [-0.3, -0.25) is 0 Å². The molecule has 0 aromatic rings. The molecular weight excluding hydrogens is 272 g/mol. The van der Waals surface area contributed by atoms with Crippen LogP contribution in [0.1, 0.15) is 40.0 Å². The van der Waals surface area contributed by atoms with Gasteiger partial charge in [-0.05, 0) is 36.5 Å². The molecule has 1 aliphatic carbocycles. The fraction of sp³-hybridized carbons (Fsp3) is 1.00. The third-order valence-corrected chi connectivity index (χ3v) is 6.80. The van der Waals surface area contributed by atoms with Crippen LogP contribution in [0.25, 0.3) is 0 Å². The van der Waals surface area contributed by atoms with E-state index in [9.17, 15) is 8.42 Å². The maximum Gasteiger partial charge on any atom is 0.152 e. The molecule has 2 N–H and O–H groups in total. The second-order valence-electron chi connectivity index (χ2n) is 7.75. The van der Waals surface area contributed by atoms with Crippen molar-refractivity contribution in [3.63, 3.8) is 0 Å². The van der Waals surface area contributed by atoms with Gasteiger partial charge in [0.1, 0.15) is 0 Å². The summed E-state index contributed by atoms with van der Waals surface area (Å²) < 4.78 is 23.0. The molecule has 1 aliphatic heterocycles. The van der Waals surface area contributed by atoms with Gasteiger partial charge in [-0.25, -0.2) is 8.42 Å². The molecule has 3 atom stereocenters. The topological polar surface area (TPSA) is 63.4 Å². The zero-order chi connectivity index (χ0) is 15.0. The number of nitrogens with two attached hydrogens (primary N) is 1. The van der Waals surface area contributed by atoms with E-state index in [4.69, 9.17) is 5.73 Å². The Labute approximate surface area is 124 Å². The molecule has 1 saturated heterocycles. The first-order chi connectivity index (χ1) is 9.17. The largest absolute Gasteiger partial charge is 0.327 e. The summed E-state index contributed by atoms with van der Waals surface area (Å²) in [5, 5.41) is 0.